The molecule has 0 spiro atoms. The number of ether oxygens (including phenoxy) is 3. The van der Waals surface area contributed by atoms with Crippen molar-refractivity contribution < 1.29 is 14.2 Å². The molecular weight excluding hydrogens is 252 g/mol. The molecule has 0 radical (unpaired) electrons. The minimum atomic E-state index is -0.0167. The van der Waals surface area contributed by atoms with E-state index in [1.165, 1.54) is 0 Å². The second-order valence-corrected chi connectivity index (χ2v) is 4.16. The SMILES string of the molecule is SCCOCC(COCCS)OCCS. The Labute approximate surface area is 108 Å². The molecule has 0 fully saturated rings. The van der Waals surface area contributed by atoms with Crippen LogP contribution >= 0.6 is 37.9 Å². The molecule has 0 amide bonds. The topological polar surface area (TPSA) is 27.7 Å². The molecule has 15 heavy (non-hydrogen) atoms. The Hall–Kier alpha value is 0.930. The van der Waals surface area contributed by atoms with E-state index >= 15 is 0 Å². The minimum Gasteiger partial charge on any atom is -0.378 e. The van der Waals surface area contributed by atoms with E-state index in [4.69, 9.17) is 14.2 Å². The van der Waals surface area contributed by atoms with Crippen molar-refractivity contribution in [1.29, 1.82) is 0 Å². The predicted octanol–water partition coefficient (Wildman–Crippen LogP) is 1.19. The Bertz CT molecular complexity index is 117. The zero-order valence-electron chi connectivity index (χ0n) is 8.80. The van der Waals surface area contributed by atoms with Crippen LogP contribution in [0.4, 0.5) is 0 Å². The van der Waals surface area contributed by atoms with Gasteiger partial charge < -0.3 is 14.2 Å². The van der Waals surface area contributed by atoms with Gasteiger partial charge in [-0.1, -0.05) is 0 Å². The predicted molar refractivity (Wildman–Crippen MR) is 72.9 cm³/mol. The number of thiol groups is 3. The fourth-order valence-electron chi connectivity index (χ4n) is 0.922. The maximum Gasteiger partial charge on any atom is 0.104 e. The summed E-state index contributed by atoms with van der Waals surface area (Å²) in [5.41, 5.74) is 0. The molecule has 0 saturated heterocycles. The average Bonchev–Trinajstić information content (AvgIpc) is 2.25. The van der Waals surface area contributed by atoms with Gasteiger partial charge in [-0.3, -0.25) is 0 Å². The Morgan fingerprint density at radius 3 is 1.60 bits per heavy atom. The zero-order valence-corrected chi connectivity index (χ0v) is 11.5. The smallest absolute Gasteiger partial charge is 0.104 e. The lowest BCUT2D eigenvalue weighted by Crippen LogP contribution is -2.27. The van der Waals surface area contributed by atoms with E-state index in [1.807, 2.05) is 0 Å². The summed E-state index contributed by atoms with van der Waals surface area (Å²) >= 11 is 12.2. The first-order valence-electron chi connectivity index (χ1n) is 4.94. The molecule has 92 valence electrons. The van der Waals surface area contributed by atoms with Gasteiger partial charge in [0.2, 0.25) is 0 Å². The van der Waals surface area contributed by atoms with Gasteiger partial charge in [0.1, 0.15) is 6.10 Å². The Morgan fingerprint density at radius 1 is 0.733 bits per heavy atom. The van der Waals surface area contributed by atoms with Crippen LogP contribution in [0.15, 0.2) is 0 Å². The van der Waals surface area contributed by atoms with Crippen LogP contribution in [0.1, 0.15) is 0 Å². The first-order valence-corrected chi connectivity index (χ1v) is 6.84. The molecule has 6 heteroatoms. The Kier molecular flexibility index (Phi) is 13.8. The van der Waals surface area contributed by atoms with E-state index in [0.29, 0.717) is 38.8 Å². The van der Waals surface area contributed by atoms with E-state index in [9.17, 15) is 0 Å². The normalized spacial score (nSPS) is 11.2. The summed E-state index contributed by atoms with van der Waals surface area (Å²) < 4.78 is 16.2. The third kappa shape index (κ3) is 11.2. The Balaban J connectivity index is 3.53. The van der Waals surface area contributed by atoms with Crippen molar-refractivity contribution in [2.45, 2.75) is 6.10 Å². The fourth-order valence-corrected chi connectivity index (χ4v) is 1.29. The summed E-state index contributed by atoms with van der Waals surface area (Å²) in [7, 11) is 0. The number of hydrogen-bond acceptors (Lipinski definition) is 6. The van der Waals surface area contributed by atoms with Gasteiger partial charge in [-0.2, -0.15) is 37.9 Å². The molecule has 0 aromatic carbocycles. The lowest BCUT2D eigenvalue weighted by atomic mass is 10.4. The van der Waals surface area contributed by atoms with E-state index in [1.54, 1.807) is 0 Å². The lowest BCUT2D eigenvalue weighted by Gasteiger charge is -2.17. The van der Waals surface area contributed by atoms with Gasteiger partial charge >= 0.3 is 0 Å². The monoisotopic (exact) mass is 272 g/mol. The zero-order chi connectivity index (χ0) is 11.4. The van der Waals surface area contributed by atoms with Crippen LogP contribution in [0, 0.1) is 0 Å². The van der Waals surface area contributed by atoms with Gasteiger partial charge in [-0.15, -0.1) is 0 Å². The van der Waals surface area contributed by atoms with Crippen LogP contribution in [0.25, 0.3) is 0 Å². The molecule has 0 aromatic heterocycles. The highest BCUT2D eigenvalue weighted by atomic mass is 32.1. The third-order valence-corrected chi connectivity index (χ3v) is 2.07. The molecule has 0 atom stereocenters. The summed E-state index contributed by atoms with van der Waals surface area (Å²) in [5, 5.41) is 0. The highest BCUT2D eigenvalue weighted by Gasteiger charge is 2.09. The van der Waals surface area contributed by atoms with Crippen molar-refractivity contribution >= 4 is 37.9 Å². The van der Waals surface area contributed by atoms with Crippen LogP contribution in [0.2, 0.25) is 0 Å². The van der Waals surface area contributed by atoms with Gasteiger partial charge in [-0.05, 0) is 0 Å². The average molecular weight is 272 g/mol. The van der Waals surface area contributed by atoms with E-state index < -0.39 is 0 Å². The molecule has 0 aliphatic carbocycles. The van der Waals surface area contributed by atoms with Crippen molar-refractivity contribution in [1.82, 2.24) is 0 Å². The number of hydrogen-bond donors (Lipinski definition) is 3. The van der Waals surface area contributed by atoms with Crippen LogP contribution in [-0.2, 0) is 14.2 Å². The fraction of sp³-hybridized carbons (Fsp3) is 1.00. The Morgan fingerprint density at radius 2 is 1.20 bits per heavy atom. The van der Waals surface area contributed by atoms with Crippen molar-refractivity contribution in [2.24, 2.45) is 0 Å². The van der Waals surface area contributed by atoms with Crippen molar-refractivity contribution in [2.75, 3.05) is 50.3 Å². The molecule has 0 rings (SSSR count). The van der Waals surface area contributed by atoms with Gasteiger partial charge in [0.05, 0.1) is 33.0 Å². The molecule has 0 aliphatic rings. The third-order valence-electron chi connectivity index (χ3n) is 1.52. The molecule has 0 unspecified atom stereocenters. The summed E-state index contributed by atoms with van der Waals surface area (Å²) in [6, 6.07) is 0. The second kappa shape index (κ2) is 13.0. The molecule has 0 aromatic rings. The maximum absolute atomic E-state index is 5.51. The molecular formula is C9H20O3S3. The highest BCUT2D eigenvalue weighted by molar-refractivity contribution is 7.80. The quantitative estimate of drug-likeness (QED) is 0.390. The summed E-state index contributed by atoms with van der Waals surface area (Å²) in [6.45, 7) is 2.97. The molecule has 0 bridgehead atoms. The van der Waals surface area contributed by atoms with Gasteiger partial charge in [0.15, 0.2) is 0 Å². The summed E-state index contributed by atoms with van der Waals surface area (Å²) in [4.78, 5) is 0. The summed E-state index contributed by atoms with van der Waals surface area (Å²) in [5.74, 6) is 2.14. The maximum atomic E-state index is 5.51. The van der Waals surface area contributed by atoms with Gasteiger partial charge in [0.25, 0.3) is 0 Å². The summed E-state index contributed by atoms with van der Waals surface area (Å²) in [6.07, 6.45) is -0.0167. The van der Waals surface area contributed by atoms with E-state index in [-0.39, 0.29) is 6.10 Å². The van der Waals surface area contributed by atoms with Gasteiger partial charge in [0, 0.05) is 17.3 Å². The van der Waals surface area contributed by atoms with Gasteiger partial charge in [-0.25, -0.2) is 0 Å². The number of rotatable bonds is 11. The first-order chi connectivity index (χ1) is 7.35. The largest absolute Gasteiger partial charge is 0.378 e. The van der Waals surface area contributed by atoms with Crippen LogP contribution in [-0.4, -0.2) is 56.4 Å². The van der Waals surface area contributed by atoms with Crippen LogP contribution < -0.4 is 0 Å². The van der Waals surface area contributed by atoms with E-state index in [0.717, 1.165) is 11.5 Å². The molecule has 0 saturated carbocycles. The van der Waals surface area contributed by atoms with Crippen LogP contribution in [0.3, 0.4) is 0 Å². The molecule has 0 N–H and O–H groups in total. The standard InChI is InChI=1S/C9H20O3S3/c13-4-1-10-7-9(12-3-6-15)8-11-2-5-14/h9,13-15H,1-8H2. The minimum absolute atomic E-state index is 0.0167. The molecule has 3 nitrogen and oxygen atoms in total. The van der Waals surface area contributed by atoms with Crippen molar-refractivity contribution in [3.63, 3.8) is 0 Å². The van der Waals surface area contributed by atoms with E-state index in [2.05, 4.69) is 37.9 Å². The first kappa shape index (κ1) is 15.9. The van der Waals surface area contributed by atoms with Crippen molar-refractivity contribution in [3.8, 4) is 0 Å². The molecule has 0 heterocycles. The molecule has 0 aliphatic heterocycles. The lowest BCUT2D eigenvalue weighted by molar-refractivity contribution is -0.0507. The highest BCUT2D eigenvalue weighted by Crippen LogP contribution is 1.97. The van der Waals surface area contributed by atoms with Crippen LogP contribution in [0.5, 0.6) is 0 Å². The van der Waals surface area contributed by atoms with Crippen molar-refractivity contribution in [3.05, 3.63) is 0 Å². The second-order valence-electron chi connectivity index (χ2n) is 2.81.